The molecular formula is C21H21F3. The highest BCUT2D eigenvalue weighted by Crippen LogP contribution is 2.31. The first-order valence-electron chi connectivity index (χ1n) is 8.53. The van der Waals surface area contributed by atoms with E-state index in [0.717, 1.165) is 42.5 Å². The zero-order valence-corrected chi connectivity index (χ0v) is 13.8. The minimum absolute atomic E-state index is 0.329. The van der Waals surface area contributed by atoms with E-state index in [1.54, 1.807) is 12.1 Å². The monoisotopic (exact) mass is 330 g/mol. The van der Waals surface area contributed by atoms with E-state index < -0.39 is 11.6 Å². The van der Waals surface area contributed by atoms with Crippen LogP contribution < -0.4 is 0 Å². The lowest BCUT2D eigenvalue weighted by atomic mass is 9.87. The smallest absolute Gasteiger partial charge is 0.159 e. The van der Waals surface area contributed by atoms with Gasteiger partial charge < -0.3 is 0 Å². The zero-order valence-electron chi connectivity index (χ0n) is 13.8. The molecule has 0 saturated carbocycles. The average Bonchev–Trinajstić information content (AvgIpc) is 2.57. The van der Waals surface area contributed by atoms with Gasteiger partial charge in [-0.2, -0.15) is 0 Å². The molecule has 1 aliphatic carbocycles. The van der Waals surface area contributed by atoms with E-state index in [4.69, 9.17) is 0 Å². The summed E-state index contributed by atoms with van der Waals surface area (Å²) in [5.74, 6) is -2.26. The summed E-state index contributed by atoms with van der Waals surface area (Å²) in [6, 6.07) is 6.83. The van der Waals surface area contributed by atoms with Crippen LogP contribution in [0.3, 0.4) is 0 Å². The summed E-state index contributed by atoms with van der Waals surface area (Å²) in [7, 11) is 0. The summed E-state index contributed by atoms with van der Waals surface area (Å²) in [4.78, 5) is 0. The Morgan fingerprint density at radius 2 is 1.71 bits per heavy atom. The molecule has 0 amide bonds. The average molecular weight is 330 g/mol. The first kappa shape index (κ1) is 16.8. The third kappa shape index (κ3) is 3.55. The van der Waals surface area contributed by atoms with E-state index in [-0.39, 0.29) is 5.82 Å². The molecule has 0 aliphatic heterocycles. The van der Waals surface area contributed by atoms with Crippen LogP contribution in [-0.2, 0) is 12.8 Å². The van der Waals surface area contributed by atoms with E-state index in [1.165, 1.54) is 30.9 Å². The Morgan fingerprint density at radius 1 is 0.875 bits per heavy atom. The molecule has 0 spiro atoms. The first-order chi connectivity index (χ1) is 11.6. The molecule has 126 valence electrons. The maximum Gasteiger partial charge on any atom is 0.159 e. The Labute approximate surface area is 141 Å². The molecule has 0 saturated heterocycles. The van der Waals surface area contributed by atoms with Crippen LogP contribution in [0.4, 0.5) is 13.2 Å². The van der Waals surface area contributed by atoms with E-state index >= 15 is 0 Å². The van der Waals surface area contributed by atoms with Crippen LogP contribution in [0.1, 0.15) is 43.7 Å². The van der Waals surface area contributed by atoms with Crippen molar-refractivity contribution in [2.24, 2.45) is 0 Å². The second kappa shape index (κ2) is 7.25. The van der Waals surface area contributed by atoms with Gasteiger partial charge in [-0.15, -0.1) is 0 Å². The van der Waals surface area contributed by atoms with Crippen molar-refractivity contribution in [3.63, 3.8) is 0 Å². The second-order valence-electron chi connectivity index (χ2n) is 6.43. The second-order valence-corrected chi connectivity index (χ2v) is 6.43. The van der Waals surface area contributed by atoms with Gasteiger partial charge in [0.25, 0.3) is 0 Å². The van der Waals surface area contributed by atoms with E-state index in [0.29, 0.717) is 11.1 Å². The maximum atomic E-state index is 14.5. The Kier molecular flexibility index (Phi) is 5.08. The van der Waals surface area contributed by atoms with Gasteiger partial charge in [0.05, 0.1) is 0 Å². The summed E-state index contributed by atoms with van der Waals surface area (Å²) in [6.07, 6.45) is 8.43. The number of halogens is 3. The minimum atomic E-state index is -0.956. The number of fused-ring (bicyclic) bond motifs is 1. The van der Waals surface area contributed by atoms with Crippen LogP contribution in [0.5, 0.6) is 0 Å². The van der Waals surface area contributed by atoms with Gasteiger partial charge in [-0.25, -0.2) is 13.2 Å². The van der Waals surface area contributed by atoms with Gasteiger partial charge in [0.2, 0.25) is 0 Å². The van der Waals surface area contributed by atoms with Gasteiger partial charge in [-0.3, -0.25) is 0 Å². The van der Waals surface area contributed by atoms with Crippen molar-refractivity contribution in [1.82, 2.24) is 0 Å². The Hall–Kier alpha value is -2.03. The lowest BCUT2D eigenvalue weighted by Crippen LogP contribution is -2.05. The molecule has 0 radical (unpaired) electrons. The molecule has 0 bridgehead atoms. The van der Waals surface area contributed by atoms with E-state index in [9.17, 15) is 13.2 Å². The van der Waals surface area contributed by atoms with Crippen molar-refractivity contribution in [2.45, 2.75) is 45.4 Å². The molecule has 0 atom stereocenters. The minimum Gasteiger partial charge on any atom is -0.206 e. The number of rotatable bonds is 5. The summed E-state index contributed by atoms with van der Waals surface area (Å²) in [5.41, 5.74) is 4.14. The SMILES string of the molecule is CCCCCC1=CCc2cc(-c3ccc(F)c(F)c3)c(F)cc2C1. The molecule has 0 N–H and O–H groups in total. The molecule has 2 aromatic carbocycles. The first-order valence-corrected chi connectivity index (χ1v) is 8.53. The highest BCUT2D eigenvalue weighted by molar-refractivity contribution is 5.66. The van der Waals surface area contributed by atoms with Crippen molar-refractivity contribution >= 4 is 0 Å². The van der Waals surface area contributed by atoms with Crippen molar-refractivity contribution in [2.75, 3.05) is 0 Å². The Morgan fingerprint density at radius 3 is 2.46 bits per heavy atom. The van der Waals surface area contributed by atoms with E-state index in [1.807, 2.05) is 0 Å². The Bertz CT molecular complexity index is 775. The van der Waals surface area contributed by atoms with Crippen LogP contribution in [0.2, 0.25) is 0 Å². The number of hydrogen-bond donors (Lipinski definition) is 0. The lowest BCUT2D eigenvalue weighted by Gasteiger charge is -2.19. The molecule has 0 fully saturated rings. The van der Waals surface area contributed by atoms with Gasteiger partial charge in [-0.05, 0) is 66.6 Å². The normalized spacial score (nSPS) is 13.6. The summed E-state index contributed by atoms with van der Waals surface area (Å²) < 4.78 is 41.0. The maximum absolute atomic E-state index is 14.5. The van der Waals surface area contributed by atoms with Crippen LogP contribution in [0.25, 0.3) is 11.1 Å². The number of hydrogen-bond acceptors (Lipinski definition) is 0. The molecule has 0 nitrogen and oxygen atoms in total. The number of unbranched alkanes of at least 4 members (excludes halogenated alkanes) is 2. The summed E-state index contributed by atoms with van der Waals surface area (Å²) >= 11 is 0. The van der Waals surface area contributed by atoms with Crippen LogP contribution in [-0.4, -0.2) is 0 Å². The predicted octanol–water partition coefficient (Wildman–Crippen LogP) is 6.38. The summed E-state index contributed by atoms with van der Waals surface area (Å²) in [6.45, 7) is 2.18. The third-order valence-corrected chi connectivity index (χ3v) is 4.65. The fourth-order valence-corrected chi connectivity index (χ4v) is 3.26. The molecule has 2 aromatic rings. The summed E-state index contributed by atoms with van der Waals surface area (Å²) in [5, 5.41) is 0. The Balaban J connectivity index is 1.85. The molecule has 3 rings (SSSR count). The molecule has 0 heterocycles. The zero-order chi connectivity index (χ0) is 17.1. The van der Waals surface area contributed by atoms with Gasteiger partial charge in [0, 0.05) is 5.56 Å². The van der Waals surface area contributed by atoms with Crippen LogP contribution >= 0.6 is 0 Å². The van der Waals surface area contributed by atoms with Gasteiger partial charge in [0.1, 0.15) is 5.82 Å². The molecular weight excluding hydrogens is 309 g/mol. The highest BCUT2D eigenvalue weighted by Gasteiger charge is 2.16. The quantitative estimate of drug-likeness (QED) is 0.441. The highest BCUT2D eigenvalue weighted by atomic mass is 19.2. The van der Waals surface area contributed by atoms with Crippen molar-refractivity contribution < 1.29 is 13.2 Å². The standard InChI is InChI=1S/C21H21F3/c1-2-3-4-5-14-6-7-15-11-18(20(23)13-17(15)10-14)16-8-9-19(22)21(24)12-16/h6,8-9,11-13H,2-5,7,10H2,1H3. The number of benzene rings is 2. The topological polar surface area (TPSA) is 0 Å². The molecule has 0 unspecified atom stereocenters. The van der Waals surface area contributed by atoms with Crippen LogP contribution in [0.15, 0.2) is 42.0 Å². The van der Waals surface area contributed by atoms with Crippen molar-refractivity contribution in [3.05, 3.63) is 70.6 Å². The van der Waals surface area contributed by atoms with Gasteiger partial charge in [-0.1, -0.05) is 37.5 Å². The molecule has 24 heavy (non-hydrogen) atoms. The lowest BCUT2D eigenvalue weighted by molar-refractivity contribution is 0.509. The molecule has 1 aliphatic rings. The molecule has 3 heteroatoms. The third-order valence-electron chi connectivity index (χ3n) is 4.65. The fraction of sp³-hybridized carbons (Fsp3) is 0.333. The predicted molar refractivity (Wildman–Crippen MR) is 91.4 cm³/mol. The van der Waals surface area contributed by atoms with Gasteiger partial charge >= 0.3 is 0 Å². The molecule has 0 aromatic heterocycles. The fourth-order valence-electron chi connectivity index (χ4n) is 3.26. The number of allylic oxidation sites excluding steroid dienone is 2. The van der Waals surface area contributed by atoms with Crippen molar-refractivity contribution in [1.29, 1.82) is 0 Å². The van der Waals surface area contributed by atoms with Gasteiger partial charge in [0.15, 0.2) is 11.6 Å². The van der Waals surface area contributed by atoms with Crippen LogP contribution in [0, 0.1) is 17.5 Å². The largest absolute Gasteiger partial charge is 0.206 e. The van der Waals surface area contributed by atoms with E-state index in [2.05, 4.69) is 13.0 Å². The van der Waals surface area contributed by atoms with Crippen molar-refractivity contribution in [3.8, 4) is 11.1 Å².